The molecule has 0 saturated carbocycles. The highest BCUT2D eigenvalue weighted by atomic mass is 35.5. The van der Waals surface area contributed by atoms with Crippen LogP contribution in [-0.2, 0) is 6.18 Å². The minimum Gasteiger partial charge on any atom is -0.357 e. The van der Waals surface area contributed by atoms with Crippen molar-refractivity contribution in [2.45, 2.75) is 25.1 Å². The SMILES string of the molecule is CN(/C=N/c1c(C(F)(F)F)ccc(C(=O)NC2(C)N=NN=N2)c1Cl)CC(F)(F)F. The maximum Gasteiger partial charge on any atom is 0.418 e. The van der Waals surface area contributed by atoms with E-state index in [4.69, 9.17) is 11.6 Å². The summed E-state index contributed by atoms with van der Waals surface area (Å²) in [6.07, 6.45) is -8.99. The third kappa shape index (κ3) is 5.85. The molecule has 0 radical (unpaired) electrons. The van der Waals surface area contributed by atoms with Crippen LogP contribution < -0.4 is 5.32 Å². The molecule has 2 rings (SSSR count). The van der Waals surface area contributed by atoms with E-state index in [1.54, 1.807) is 0 Å². The number of aliphatic imine (C=N–C) groups is 1. The van der Waals surface area contributed by atoms with Crippen molar-refractivity contribution in [2.75, 3.05) is 13.6 Å². The Balaban J connectivity index is 2.41. The van der Waals surface area contributed by atoms with E-state index < -0.39 is 52.4 Å². The second-order valence-electron chi connectivity index (χ2n) is 5.95. The largest absolute Gasteiger partial charge is 0.418 e. The van der Waals surface area contributed by atoms with E-state index in [2.05, 4.69) is 31.0 Å². The fourth-order valence-electron chi connectivity index (χ4n) is 2.14. The van der Waals surface area contributed by atoms with E-state index >= 15 is 0 Å². The van der Waals surface area contributed by atoms with Gasteiger partial charge in [-0.25, -0.2) is 4.99 Å². The van der Waals surface area contributed by atoms with Gasteiger partial charge in [0.2, 0.25) is 0 Å². The predicted molar refractivity (Wildman–Crippen MR) is 88.9 cm³/mol. The second-order valence-corrected chi connectivity index (χ2v) is 6.33. The fraction of sp³-hybridized carbons (Fsp3) is 0.429. The van der Waals surface area contributed by atoms with Gasteiger partial charge in [0.1, 0.15) is 6.54 Å². The van der Waals surface area contributed by atoms with Crippen molar-refractivity contribution in [3.05, 3.63) is 28.3 Å². The van der Waals surface area contributed by atoms with Crippen LogP contribution in [0.1, 0.15) is 22.8 Å². The van der Waals surface area contributed by atoms with Crippen LogP contribution in [0, 0.1) is 0 Å². The zero-order valence-electron chi connectivity index (χ0n) is 14.7. The number of hydrogen-bond donors (Lipinski definition) is 1. The van der Waals surface area contributed by atoms with Crippen LogP contribution in [0.5, 0.6) is 0 Å². The maximum atomic E-state index is 13.3. The van der Waals surface area contributed by atoms with Crippen LogP contribution in [0.3, 0.4) is 0 Å². The van der Waals surface area contributed by atoms with E-state index in [1.165, 1.54) is 6.92 Å². The van der Waals surface area contributed by atoms with Crippen molar-refractivity contribution in [3.8, 4) is 0 Å². The Hall–Kier alpha value is -2.77. The molecule has 1 aromatic rings. The lowest BCUT2D eigenvalue weighted by atomic mass is 10.1. The molecule has 0 fully saturated rings. The van der Waals surface area contributed by atoms with Gasteiger partial charge in [-0.05, 0) is 22.6 Å². The van der Waals surface area contributed by atoms with Crippen LogP contribution >= 0.6 is 11.6 Å². The summed E-state index contributed by atoms with van der Waals surface area (Å²) in [7, 11) is 0.964. The summed E-state index contributed by atoms with van der Waals surface area (Å²) in [4.78, 5) is 16.3. The molecule has 1 aromatic carbocycles. The number of alkyl halides is 6. The molecule has 0 spiro atoms. The zero-order valence-corrected chi connectivity index (χ0v) is 15.4. The van der Waals surface area contributed by atoms with Gasteiger partial charge >= 0.3 is 12.4 Å². The molecule has 1 amide bonds. The summed E-state index contributed by atoms with van der Waals surface area (Å²) in [5.74, 6) is -2.54. The van der Waals surface area contributed by atoms with E-state index in [9.17, 15) is 31.1 Å². The first-order chi connectivity index (χ1) is 13.2. The van der Waals surface area contributed by atoms with Gasteiger partial charge in [0.25, 0.3) is 11.7 Å². The van der Waals surface area contributed by atoms with Gasteiger partial charge in [-0.1, -0.05) is 11.6 Å². The lowest BCUT2D eigenvalue weighted by molar-refractivity contribution is -0.137. The Kier molecular flexibility index (Phi) is 6.15. The molecule has 1 N–H and O–H groups in total. The van der Waals surface area contributed by atoms with Gasteiger partial charge in [0, 0.05) is 14.0 Å². The second kappa shape index (κ2) is 7.93. The summed E-state index contributed by atoms with van der Waals surface area (Å²) in [6.45, 7) is -0.141. The average Bonchev–Trinajstić information content (AvgIpc) is 2.96. The van der Waals surface area contributed by atoms with Crippen LogP contribution in [0.2, 0.25) is 5.02 Å². The lowest BCUT2D eigenvalue weighted by Crippen LogP contribution is -2.41. The minimum absolute atomic E-state index is 0.427. The quantitative estimate of drug-likeness (QED) is 0.404. The predicted octanol–water partition coefficient (Wildman–Crippen LogP) is 4.75. The first-order valence-corrected chi connectivity index (χ1v) is 7.97. The fourth-order valence-corrected chi connectivity index (χ4v) is 2.44. The van der Waals surface area contributed by atoms with Crippen LogP contribution in [0.15, 0.2) is 37.8 Å². The van der Waals surface area contributed by atoms with Crippen molar-refractivity contribution >= 4 is 29.5 Å². The molecule has 158 valence electrons. The van der Waals surface area contributed by atoms with E-state index in [1.807, 2.05) is 0 Å². The molecule has 1 aliphatic rings. The average molecular weight is 444 g/mol. The first-order valence-electron chi connectivity index (χ1n) is 7.59. The van der Waals surface area contributed by atoms with Crippen molar-refractivity contribution in [2.24, 2.45) is 25.7 Å². The number of carbonyl (C=O) groups is 1. The van der Waals surface area contributed by atoms with Crippen molar-refractivity contribution in [1.29, 1.82) is 0 Å². The Labute approximate surface area is 164 Å². The number of hydrogen-bond acceptors (Lipinski definition) is 6. The molecule has 8 nitrogen and oxygen atoms in total. The number of nitrogens with zero attached hydrogens (tertiary/aromatic N) is 6. The van der Waals surface area contributed by atoms with Gasteiger partial charge in [0.15, 0.2) is 0 Å². The Morgan fingerprint density at radius 1 is 1.24 bits per heavy atom. The summed E-state index contributed by atoms with van der Waals surface area (Å²) in [6, 6.07) is 1.34. The lowest BCUT2D eigenvalue weighted by Gasteiger charge is -2.19. The number of carbonyl (C=O) groups excluding carboxylic acids is 1. The van der Waals surface area contributed by atoms with E-state index in [-0.39, 0.29) is 0 Å². The zero-order chi connectivity index (χ0) is 22.0. The molecular formula is C14H12ClF6N7O. The summed E-state index contributed by atoms with van der Waals surface area (Å²) in [5, 5.41) is 15.0. The monoisotopic (exact) mass is 443 g/mol. The molecule has 1 heterocycles. The van der Waals surface area contributed by atoms with Crippen molar-refractivity contribution in [1.82, 2.24) is 10.2 Å². The van der Waals surface area contributed by atoms with Gasteiger partial charge in [-0.15, -0.1) is 10.2 Å². The Morgan fingerprint density at radius 3 is 2.34 bits per heavy atom. The molecule has 0 bridgehead atoms. The third-order valence-electron chi connectivity index (χ3n) is 3.35. The molecule has 0 aromatic heterocycles. The molecular weight excluding hydrogens is 432 g/mol. The number of halogens is 7. The summed E-state index contributed by atoms with van der Waals surface area (Å²) in [5.41, 5.74) is -2.67. The molecule has 15 heteroatoms. The number of rotatable bonds is 5. The molecule has 0 aliphatic carbocycles. The highest BCUT2D eigenvalue weighted by Crippen LogP contribution is 2.42. The van der Waals surface area contributed by atoms with Gasteiger partial charge in [-0.3, -0.25) is 4.79 Å². The highest BCUT2D eigenvalue weighted by molar-refractivity contribution is 6.36. The minimum atomic E-state index is -4.92. The van der Waals surface area contributed by atoms with Gasteiger partial charge in [-0.2, -0.15) is 26.3 Å². The molecule has 1 aliphatic heterocycles. The third-order valence-corrected chi connectivity index (χ3v) is 3.73. The normalized spacial score (nSPS) is 15.9. The van der Waals surface area contributed by atoms with Crippen molar-refractivity contribution in [3.63, 3.8) is 0 Å². The molecule has 29 heavy (non-hydrogen) atoms. The Morgan fingerprint density at radius 2 is 1.83 bits per heavy atom. The smallest absolute Gasteiger partial charge is 0.357 e. The van der Waals surface area contributed by atoms with Crippen LogP contribution in [0.4, 0.5) is 32.0 Å². The first kappa shape index (κ1) is 22.5. The van der Waals surface area contributed by atoms with Crippen LogP contribution in [-0.4, -0.2) is 42.7 Å². The summed E-state index contributed by atoms with van der Waals surface area (Å²) < 4.78 is 76.9. The maximum absolute atomic E-state index is 13.3. The topological polar surface area (TPSA) is 94.1 Å². The van der Waals surface area contributed by atoms with Gasteiger partial charge in [0.05, 0.1) is 28.2 Å². The molecule has 0 unspecified atom stereocenters. The number of amides is 1. The van der Waals surface area contributed by atoms with E-state index in [0.29, 0.717) is 17.3 Å². The van der Waals surface area contributed by atoms with Crippen LogP contribution in [0.25, 0.3) is 0 Å². The van der Waals surface area contributed by atoms with Gasteiger partial charge < -0.3 is 10.2 Å². The van der Waals surface area contributed by atoms with Crippen molar-refractivity contribution < 1.29 is 31.1 Å². The Bertz CT molecular complexity index is 868. The molecule has 0 atom stereocenters. The number of nitrogens with one attached hydrogen (secondary N) is 1. The molecule has 0 saturated heterocycles. The van der Waals surface area contributed by atoms with E-state index in [0.717, 1.165) is 13.1 Å². The summed E-state index contributed by atoms with van der Waals surface area (Å²) >= 11 is 5.94. The standard InChI is InChI=1S/C14H12ClF6N7O/c1-12(24-26-27-25-12)23-11(29)7-3-4-8(14(19,20)21)10(9(7)15)22-6-28(2)5-13(16,17)18/h3-4,6H,5H2,1-2H3,(H,23,29)/b22-6+. The number of benzene rings is 1. The highest BCUT2D eigenvalue weighted by Gasteiger charge is 2.37.